The molecule has 5 heteroatoms. The predicted molar refractivity (Wildman–Crippen MR) is 67.0 cm³/mol. The van der Waals surface area contributed by atoms with E-state index in [1.807, 2.05) is 6.92 Å². The first kappa shape index (κ1) is 14.9. The van der Waals surface area contributed by atoms with E-state index >= 15 is 0 Å². The van der Waals surface area contributed by atoms with Gasteiger partial charge in [-0.25, -0.2) is 4.39 Å². The van der Waals surface area contributed by atoms with Gasteiger partial charge >= 0.3 is 0 Å². The molecule has 0 heterocycles. The van der Waals surface area contributed by atoms with Crippen LogP contribution in [0, 0.1) is 5.82 Å². The summed E-state index contributed by atoms with van der Waals surface area (Å²) in [5, 5.41) is 9.48. The highest BCUT2D eigenvalue weighted by Crippen LogP contribution is 2.21. The lowest BCUT2D eigenvalue weighted by Gasteiger charge is -2.13. The molecular formula is C13H20FNO3. The maximum Gasteiger partial charge on any atom is 0.165 e. The molecule has 1 aromatic rings. The fraction of sp³-hybridized carbons (Fsp3) is 0.538. The maximum atomic E-state index is 13.6. The fourth-order valence-electron chi connectivity index (χ4n) is 1.41. The summed E-state index contributed by atoms with van der Waals surface area (Å²) in [6.45, 7) is 4.31. The van der Waals surface area contributed by atoms with E-state index in [4.69, 9.17) is 15.2 Å². The van der Waals surface area contributed by atoms with Gasteiger partial charge in [-0.05, 0) is 31.5 Å². The Morgan fingerprint density at radius 3 is 2.67 bits per heavy atom. The highest BCUT2D eigenvalue weighted by molar-refractivity contribution is 5.30. The summed E-state index contributed by atoms with van der Waals surface area (Å²) in [5.41, 5.74) is 6.35. The van der Waals surface area contributed by atoms with Gasteiger partial charge in [-0.2, -0.15) is 0 Å². The monoisotopic (exact) mass is 257 g/mol. The molecule has 1 aromatic carbocycles. The molecule has 18 heavy (non-hydrogen) atoms. The molecule has 0 radical (unpaired) electrons. The molecule has 0 aliphatic carbocycles. The van der Waals surface area contributed by atoms with E-state index in [2.05, 4.69) is 0 Å². The number of ether oxygens (including phenoxy) is 2. The average molecular weight is 257 g/mol. The maximum absolute atomic E-state index is 13.6. The Hall–Kier alpha value is -1.17. The molecule has 0 spiro atoms. The van der Waals surface area contributed by atoms with Crippen LogP contribution < -0.4 is 10.5 Å². The van der Waals surface area contributed by atoms with Crippen LogP contribution in [0.2, 0.25) is 0 Å². The van der Waals surface area contributed by atoms with Gasteiger partial charge < -0.3 is 20.3 Å². The molecule has 0 aliphatic rings. The van der Waals surface area contributed by atoms with Gasteiger partial charge in [-0.3, -0.25) is 0 Å². The quantitative estimate of drug-likeness (QED) is 0.779. The number of rotatable bonds is 7. The molecule has 102 valence electrons. The highest BCUT2D eigenvalue weighted by atomic mass is 19.1. The number of halogens is 1. The zero-order chi connectivity index (χ0) is 13.5. The SMILES string of the molecule is CCOCC(O)COc1ccc([C@H](C)N)cc1F. The summed E-state index contributed by atoms with van der Waals surface area (Å²) < 4.78 is 23.8. The summed E-state index contributed by atoms with van der Waals surface area (Å²) in [5.74, 6) is -0.372. The molecule has 1 unspecified atom stereocenters. The number of aliphatic hydroxyl groups excluding tert-OH is 1. The summed E-state index contributed by atoms with van der Waals surface area (Å²) >= 11 is 0. The van der Waals surface area contributed by atoms with Gasteiger partial charge in [-0.15, -0.1) is 0 Å². The van der Waals surface area contributed by atoms with Crippen molar-refractivity contribution in [2.45, 2.75) is 26.0 Å². The number of aliphatic hydroxyl groups is 1. The summed E-state index contributed by atoms with van der Waals surface area (Å²) in [4.78, 5) is 0. The standard InChI is InChI=1S/C13H20FNO3/c1-3-17-7-11(16)8-18-13-5-4-10(9(2)15)6-12(13)14/h4-6,9,11,16H,3,7-8,15H2,1-2H3/t9-,11?/m0/s1. The summed E-state index contributed by atoms with van der Waals surface area (Å²) in [6, 6.07) is 4.34. The minimum atomic E-state index is -0.766. The zero-order valence-corrected chi connectivity index (χ0v) is 10.7. The van der Waals surface area contributed by atoms with Crippen LogP contribution in [0.4, 0.5) is 4.39 Å². The minimum absolute atomic E-state index is 0.00551. The van der Waals surface area contributed by atoms with Crippen LogP contribution in [-0.2, 0) is 4.74 Å². The van der Waals surface area contributed by atoms with Crippen LogP contribution in [0.5, 0.6) is 5.75 Å². The van der Waals surface area contributed by atoms with Gasteiger partial charge in [0, 0.05) is 12.6 Å². The van der Waals surface area contributed by atoms with Crippen molar-refractivity contribution in [3.8, 4) is 5.75 Å². The van der Waals surface area contributed by atoms with Gasteiger partial charge in [-0.1, -0.05) is 6.07 Å². The van der Waals surface area contributed by atoms with Crippen LogP contribution in [0.3, 0.4) is 0 Å². The Morgan fingerprint density at radius 1 is 1.39 bits per heavy atom. The second-order valence-electron chi connectivity index (χ2n) is 4.10. The lowest BCUT2D eigenvalue weighted by atomic mass is 10.1. The van der Waals surface area contributed by atoms with E-state index in [-0.39, 0.29) is 25.0 Å². The normalized spacial score (nSPS) is 14.3. The first-order valence-corrected chi connectivity index (χ1v) is 5.98. The second kappa shape index (κ2) is 7.31. The van der Waals surface area contributed by atoms with Gasteiger partial charge in [0.15, 0.2) is 11.6 Å². The van der Waals surface area contributed by atoms with Crippen molar-refractivity contribution in [1.29, 1.82) is 0 Å². The third-order valence-corrected chi connectivity index (χ3v) is 2.43. The van der Waals surface area contributed by atoms with Crippen molar-refractivity contribution < 1.29 is 19.0 Å². The zero-order valence-electron chi connectivity index (χ0n) is 10.7. The topological polar surface area (TPSA) is 64.7 Å². The molecule has 3 N–H and O–H groups in total. The van der Waals surface area contributed by atoms with Gasteiger partial charge in [0.1, 0.15) is 12.7 Å². The average Bonchev–Trinajstić information content (AvgIpc) is 2.34. The Bertz CT molecular complexity index is 371. The molecule has 4 nitrogen and oxygen atoms in total. The molecule has 0 saturated heterocycles. The van der Waals surface area contributed by atoms with Crippen molar-refractivity contribution in [2.24, 2.45) is 5.73 Å². The first-order chi connectivity index (χ1) is 8.54. The molecule has 2 atom stereocenters. The van der Waals surface area contributed by atoms with Crippen molar-refractivity contribution in [3.05, 3.63) is 29.6 Å². The number of benzene rings is 1. The van der Waals surface area contributed by atoms with Gasteiger partial charge in [0.05, 0.1) is 6.61 Å². The van der Waals surface area contributed by atoms with Crippen LogP contribution in [0.25, 0.3) is 0 Å². The summed E-state index contributed by atoms with van der Waals surface area (Å²) in [6.07, 6.45) is -0.766. The lowest BCUT2D eigenvalue weighted by Crippen LogP contribution is -2.23. The van der Waals surface area contributed by atoms with Gasteiger partial charge in [0.25, 0.3) is 0 Å². The fourth-order valence-corrected chi connectivity index (χ4v) is 1.41. The smallest absolute Gasteiger partial charge is 0.165 e. The van der Waals surface area contributed by atoms with Gasteiger partial charge in [0.2, 0.25) is 0 Å². The molecule has 0 fully saturated rings. The van der Waals surface area contributed by atoms with E-state index in [1.54, 1.807) is 13.0 Å². The Balaban J connectivity index is 2.52. The molecule has 1 rings (SSSR count). The molecule has 0 aliphatic heterocycles. The van der Waals surface area contributed by atoms with E-state index in [9.17, 15) is 9.50 Å². The van der Waals surface area contributed by atoms with Crippen LogP contribution in [-0.4, -0.2) is 31.0 Å². The van der Waals surface area contributed by atoms with E-state index in [0.717, 1.165) is 0 Å². The van der Waals surface area contributed by atoms with Crippen molar-refractivity contribution in [2.75, 3.05) is 19.8 Å². The third-order valence-electron chi connectivity index (χ3n) is 2.43. The molecule has 0 saturated carbocycles. The third kappa shape index (κ3) is 4.60. The Labute approximate surface area is 107 Å². The van der Waals surface area contributed by atoms with Crippen LogP contribution in [0.15, 0.2) is 18.2 Å². The van der Waals surface area contributed by atoms with E-state index in [1.165, 1.54) is 12.1 Å². The number of hydrogen-bond donors (Lipinski definition) is 2. The number of hydrogen-bond acceptors (Lipinski definition) is 4. The molecule has 0 amide bonds. The highest BCUT2D eigenvalue weighted by Gasteiger charge is 2.10. The van der Waals surface area contributed by atoms with Crippen molar-refractivity contribution in [1.82, 2.24) is 0 Å². The minimum Gasteiger partial charge on any atom is -0.488 e. The summed E-state index contributed by atoms with van der Waals surface area (Å²) in [7, 11) is 0. The first-order valence-electron chi connectivity index (χ1n) is 5.98. The molecule has 0 aromatic heterocycles. The van der Waals surface area contributed by atoms with E-state index in [0.29, 0.717) is 12.2 Å². The van der Waals surface area contributed by atoms with Crippen LogP contribution >= 0.6 is 0 Å². The Morgan fingerprint density at radius 2 is 2.11 bits per heavy atom. The van der Waals surface area contributed by atoms with E-state index < -0.39 is 11.9 Å². The molecule has 0 bridgehead atoms. The van der Waals surface area contributed by atoms with Crippen molar-refractivity contribution in [3.63, 3.8) is 0 Å². The Kier molecular flexibility index (Phi) is 6.04. The predicted octanol–water partition coefficient (Wildman–Crippen LogP) is 1.62. The second-order valence-corrected chi connectivity index (χ2v) is 4.10. The van der Waals surface area contributed by atoms with Crippen molar-refractivity contribution >= 4 is 0 Å². The largest absolute Gasteiger partial charge is 0.488 e. The lowest BCUT2D eigenvalue weighted by molar-refractivity contribution is 0.0157. The van der Waals surface area contributed by atoms with Crippen LogP contribution in [0.1, 0.15) is 25.5 Å². The molecular weight excluding hydrogens is 237 g/mol. The number of nitrogens with two attached hydrogens (primary N) is 1.